The van der Waals surface area contributed by atoms with E-state index in [1.807, 2.05) is 0 Å². The first-order valence-electron chi connectivity index (χ1n) is 7.30. The predicted octanol–water partition coefficient (Wildman–Crippen LogP) is 1.55. The second kappa shape index (κ2) is 8.77. The molecule has 1 rings (SSSR count). The Hall–Kier alpha value is -2.57. The average Bonchev–Trinajstić information content (AvgIpc) is 2.54. The topological polar surface area (TPSA) is 90.9 Å². The maximum Gasteiger partial charge on any atom is 0.338 e. The molecule has 7 heteroatoms. The molecule has 0 aliphatic carbocycles. The lowest BCUT2D eigenvalue weighted by Gasteiger charge is -2.15. The van der Waals surface area contributed by atoms with E-state index in [2.05, 4.69) is 5.32 Å². The van der Waals surface area contributed by atoms with Crippen molar-refractivity contribution >= 4 is 17.8 Å². The highest BCUT2D eigenvalue weighted by atomic mass is 16.5. The number of hydrogen-bond acceptors (Lipinski definition) is 6. The summed E-state index contributed by atoms with van der Waals surface area (Å²) in [6.07, 6.45) is -0.785. The van der Waals surface area contributed by atoms with Gasteiger partial charge in [0.2, 0.25) is 0 Å². The van der Waals surface area contributed by atoms with Crippen molar-refractivity contribution in [2.45, 2.75) is 26.9 Å². The number of amides is 1. The Morgan fingerprint density at radius 2 is 1.48 bits per heavy atom. The van der Waals surface area contributed by atoms with E-state index in [-0.39, 0.29) is 36.0 Å². The molecule has 1 amide bonds. The van der Waals surface area contributed by atoms with E-state index in [0.29, 0.717) is 0 Å². The first kappa shape index (κ1) is 18.5. The fourth-order valence-corrected chi connectivity index (χ4v) is 1.79. The van der Waals surface area contributed by atoms with Gasteiger partial charge >= 0.3 is 11.9 Å². The van der Waals surface area contributed by atoms with Gasteiger partial charge in [0.1, 0.15) is 5.75 Å². The summed E-state index contributed by atoms with van der Waals surface area (Å²) < 4.78 is 15.3. The van der Waals surface area contributed by atoms with Crippen molar-refractivity contribution in [1.82, 2.24) is 5.32 Å². The summed E-state index contributed by atoms with van der Waals surface area (Å²) in [4.78, 5) is 35.3. The van der Waals surface area contributed by atoms with Crippen LogP contribution in [0.2, 0.25) is 0 Å². The summed E-state index contributed by atoms with van der Waals surface area (Å²) in [5.41, 5.74) is 0.299. The molecule has 0 aliphatic heterocycles. The lowest BCUT2D eigenvalue weighted by Crippen LogP contribution is -2.33. The molecule has 126 valence electrons. The molecule has 0 bridgehead atoms. The van der Waals surface area contributed by atoms with Crippen molar-refractivity contribution in [2.24, 2.45) is 0 Å². The van der Waals surface area contributed by atoms with Gasteiger partial charge in [0, 0.05) is 7.05 Å². The Balaban J connectivity index is 3.15. The zero-order valence-corrected chi connectivity index (χ0v) is 13.7. The van der Waals surface area contributed by atoms with Crippen LogP contribution in [0.25, 0.3) is 0 Å². The Bertz CT molecular complexity index is 548. The standard InChI is InChI=1S/C16H21NO6/c1-5-21-15(19)11-7-12(16(20)22-6-2)9-13(8-11)23-10(3)14(18)17-4/h7-10H,5-6H2,1-4H3,(H,17,18)/t10-/m1/s1. The minimum absolute atomic E-state index is 0.150. The Morgan fingerprint density at radius 3 is 1.87 bits per heavy atom. The number of rotatable bonds is 7. The molecule has 0 saturated carbocycles. The van der Waals surface area contributed by atoms with E-state index in [4.69, 9.17) is 14.2 Å². The summed E-state index contributed by atoms with van der Waals surface area (Å²) in [7, 11) is 1.49. The molecule has 0 radical (unpaired) electrons. The molecule has 0 unspecified atom stereocenters. The van der Waals surface area contributed by atoms with E-state index in [1.165, 1.54) is 25.2 Å². The Morgan fingerprint density at radius 1 is 1.00 bits per heavy atom. The molecule has 0 spiro atoms. The molecule has 1 aromatic rings. The van der Waals surface area contributed by atoms with Crippen LogP contribution in [0.3, 0.4) is 0 Å². The molecule has 7 nitrogen and oxygen atoms in total. The van der Waals surface area contributed by atoms with Crippen molar-refractivity contribution in [3.63, 3.8) is 0 Å². The second-order valence-electron chi connectivity index (χ2n) is 4.56. The molecule has 1 aromatic carbocycles. The largest absolute Gasteiger partial charge is 0.481 e. The molecule has 23 heavy (non-hydrogen) atoms. The normalized spacial score (nSPS) is 11.3. The zero-order valence-electron chi connectivity index (χ0n) is 13.7. The van der Waals surface area contributed by atoms with E-state index in [0.717, 1.165) is 0 Å². The maximum absolute atomic E-state index is 11.9. The number of ether oxygens (including phenoxy) is 3. The van der Waals surface area contributed by atoms with E-state index in [9.17, 15) is 14.4 Å². The summed E-state index contributed by atoms with van der Waals surface area (Å²) in [6.45, 7) is 5.32. The van der Waals surface area contributed by atoms with Gasteiger partial charge in [-0.15, -0.1) is 0 Å². The average molecular weight is 323 g/mol. The Kier molecular flexibility index (Phi) is 7.05. The monoisotopic (exact) mass is 323 g/mol. The minimum atomic E-state index is -0.785. The second-order valence-corrected chi connectivity index (χ2v) is 4.56. The van der Waals surface area contributed by atoms with E-state index >= 15 is 0 Å². The number of carbonyl (C=O) groups is 3. The van der Waals surface area contributed by atoms with Gasteiger partial charge in [-0.25, -0.2) is 9.59 Å². The van der Waals surface area contributed by atoms with Crippen LogP contribution in [-0.2, 0) is 14.3 Å². The van der Waals surface area contributed by atoms with Crippen molar-refractivity contribution in [3.05, 3.63) is 29.3 Å². The number of likely N-dealkylation sites (N-methyl/N-ethyl adjacent to an activating group) is 1. The van der Waals surface area contributed by atoms with Crippen LogP contribution in [-0.4, -0.2) is 44.2 Å². The number of carbonyl (C=O) groups excluding carboxylic acids is 3. The minimum Gasteiger partial charge on any atom is -0.481 e. The fraction of sp³-hybridized carbons (Fsp3) is 0.438. The predicted molar refractivity (Wildman–Crippen MR) is 82.5 cm³/mol. The molecular weight excluding hydrogens is 302 g/mol. The van der Waals surface area contributed by atoms with Crippen LogP contribution >= 0.6 is 0 Å². The van der Waals surface area contributed by atoms with E-state index < -0.39 is 18.0 Å². The molecule has 1 atom stereocenters. The van der Waals surface area contributed by atoms with Gasteiger partial charge in [0.25, 0.3) is 5.91 Å². The third-order valence-corrected chi connectivity index (χ3v) is 2.86. The van der Waals surface area contributed by atoms with Gasteiger partial charge < -0.3 is 19.5 Å². The molecule has 0 aliphatic rings. The van der Waals surface area contributed by atoms with Gasteiger partial charge in [-0.2, -0.15) is 0 Å². The zero-order chi connectivity index (χ0) is 17.4. The maximum atomic E-state index is 11.9. The van der Waals surface area contributed by atoms with Crippen LogP contribution in [0.5, 0.6) is 5.75 Å². The Labute approximate surface area is 134 Å². The third kappa shape index (κ3) is 5.28. The number of nitrogens with one attached hydrogen (secondary N) is 1. The van der Waals surface area contributed by atoms with Gasteiger partial charge in [0.15, 0.2) is 6.10 Å². The van der Waals surface area contributed by atoms with Crippen molar-refractivity contribution < 1.29 is 28.6 Å². The van der Waals surface area contributed by atoms with Gasteiger partial charge in [-0.05, 0) is 39.0 Å². The fourth-order valence-electron chi connectivity index (χ4n) is 1.79. The summed E-state index contributed by atoms with van der Waals surface area (Å²) in [5.74, 6) is -1.30. The van der Waals surface area contributed by atoms with Crippen molar-refractivity contribution in [2.75, 3.05) is 20.3 Å². The first-order chi connectivity index (χ1) is 10.9. The smallest absolute Gasteiger partial charge is 0.338 e. The molecule has 0 aromatic heterocycles. The summed E-state index contributed by atoms with van der Waals surface area (Å²) in [6, 6.07) is 4.20. The van der Waals surface area contributed by atoms with Crippen LogP contribution < -0.4 is 10.1 Å². The van der Waals surface area contributed by atoms with Crippen LogP contribution in [0.4, 0.5) is 0 Å². The quantitative estimate of drug-likeness (QED) is 0.766. The highest BCUT2D eigenvalue weighted by molar-refractivity contribution is 5.96. The molecule has 0 heterocycles. The van der Waals surface area contributed by atoms with Crippen LogP contribution in [0.1, 0.15) is 41.5 Å². The highest BCUT2D eigenvalue weighted by Gasteiger charge is 2.18. The molecule has 0 fully saturated rings. The van der Waals surface area contributed by atoms with Gasteiger partial charge in [-0.1, -0.05) is 0 Å². The number of esters is 2. The lowest BCUT2D eigenvalue weighted by molar-refractivity contribution is -0.126. The highest BCUT2D eigenvalue weighted by Crippen LogP contribution is 2.20. The molecule has 1 N–H and O–H groups in total. The number of benzene rings is 1. The number of hydrogen-bond donors (Lipinski definition) is 1. The molecule has 0 saturated heterocycles. The van der Waals surface area contributed by atoms with Gasteiger partial charge in [0.05, 0.1) is 24.3 Å². The van der Waals surface area contributed by atoms with Gasteiger partial charge in [-0.3, -0.25) is 4.79 Å². The van der Waals surface area contributed by atoms with Crippen molar-refractivity contribution in [3.8, 4) is 5.75 Å². The van der Waals surface area contributed by atoms with E-state index in [1.54, 1.807) is 20.8 Å². The summed E-state index contributed by atoms with van der Waals surface area (Å²) >= 11 is 0. The molecular formula is C16H21NO6. The first-order valence-corrected chi connectivity index (χ1v) is 7.30. The lowest BCUT2D eigenvalue weighted by atomic mass is 10.1. The third-order valence-electron chi connectivity index (χ3n) is 2.86. The van der Waals surface area contributed by atoms with Crippen LogP contribution in [0.15, 0.2) is 18.2 Å². The van der Waals surface area contributed by atoms with Crippen LogP contribution in [0, 0.1) is 0 Å². The summed E-state index contributed by atoms with van der Waals surface area (Å²) in [5, 5.41) is 2.45. The SMILES string of the molecule is CCOC(=O)c1cc(O[C@H](C)C(=O)NC)cc(C(=O)OCC)c1. The van der Waals surface area contributed by atoms with Crippen molar-refractivity contribution in [1.29, 1.82) is 0 Å².